The Balaban J connectivity index is 1.81. The van der Waals surface area contributed by atoms with Crippen molar-refractivity contribution in [2.24, 2.45) is 0 Å². The minimum absolute atomic E-state index is 0.0576. The molecule has 5 atom stereocenters. The summed E-state index contributed by atoms with van der Waals surface area (Å²) >= 11 is 0. The molecule has 0 radical (unpaired) electrons. The van der Waals surface area contributed by atoms with Crippen molar-refractivity contribution in [1.82, 2.24) is 0 Å². The van der Waals surface area contributed by atoms with E-state index in [0.29, 0.717) is 0 Å². The summed E-state index contributed by atoms with van der Waals surface area (Å²) in [6, 6.07) is 6.07. The highest BCUT2D eigenvalue weighted by atomic mass is 16.7. The number of aliphatic hydroxyl groups excluding tert-OH is 4. The molecule has 0 saturated carbocycles. The van der Waals surface area contributed by atoms with Crippen LogP contribution in [0, 0.1) is 0 Å². The fraction of sp³-hybridized carbons (Fsp3) is 0.318. The molecule has 5 unspecified atom stereocenters. The van der Waals surface area contributed by atoms with E-state index in [0.717, 1.165) is 12.1 Å². The Morgan fingerprint density at radius 1 is 0.971 bits per heavy atom. The van der Waals surface area contributed by atoms with E-state index >= 15 is 0 Å². The van der Waals surface area contributed by atoms with Gasteiger partial charge in [-0.15, -0.1) is 0 Å². The Labute approximate surface area is 191 Å². The monoisotopic (exact) mass is 478 g/mol. The zero-order valence-corrected chi connectivity index (χ0v) is 17.7. The summed E-state index contributed by atoms with van der Waals surface area (Å²) in [6.45, 7) is -0.700. The maximum atomic E-state index is 13.1. The first kappa shape index (κ1) is 23.6. The van der Waals surface area contributed by atoms with Gasteiger partial charge >= 0.3 is 0 Å². The van der Waals surface area contributed by atoms with Gasteiger partial charge in [-0.3, -0.25) is 4.79 Å². The fourth-order valence-electron chi connectivity index (χ4n) is 3.66. The van der Waals surface area contributed by atoms with Gasteiger partial charge in [-0.2, -0.15) is 0 Å². The molecule has 0 spiro atoms. The number of aromatic hydroxyl groups is 3. The summed E-state index contributed by atoms with van der Waals surface area (Å²) in [5.74, 6) is -1.98. The first-order valence-electron chi connectivity index (χ1n) is 10.0. The lowest BCUT2D eigenvalue weighted by atomic mass is 9.99. The topological polar surface area (TPSA) is 200 Å². The lowest BCUT2D eigenvalue weighted by molar-refractivity contribution is -0.277. The summed E-state index contributed by atoms with van der Waals surface area (Å²) in [4.78, 5) is 13.1. The first-order valence-corrected chi connectivity index (χ1v) is 10.0. The van der Waals surface area contributed by atoms with Gasteiger partial charge in [0.05, 0.1) is 13.7 Å². The van der Waals surface area contributed by atoms with Gasteiger partial charge in [0, 0.05) is 17.7 Å². The van der Waals surface area contributed by atoms with Crippen LogP contribution in [0.25, 0.3) is 22.3 Å². The highest BCUT2D eigenvalue weighted by Gasteiger charge is 2.45. The van der Waals surface area contributed by atoms with E-state index in [4.69, 9.17) is 18.6 Å². The van der Waals surface area contributed by atoms with E-state index in [1.165, 1.54) is 25.3 Å². The van der Waals surface area contributed by atoms with Crippen LogP contribution >= 0.6 is 0 Å². The second kappa shape index (κ2) is 9.00. The highest BCUT2D eigenvalue weighted by Crippen LogP contribution is 2.39. The lowest BCUT2D eigenvalue weighted by Crippen LogP contribution is -2.60. The van der Waals surface area contributed by atoms with Gasteiger partial charge < -0.3 is 54.4 Å². The van der Waals surface area contributed by atoms with Crippen molar-refractivity contribution >= 4 is 11.0 Å². The van der Waals surface area contributed by atoms with Crippen LogP contribution in [-0.2, 0) is 4.74 Å². The second-order valence-corrected chi connectivity index (χ2v) is 7.63. The summed E-state index contributed by atoms with van der Waals surface area (Å²) in [7, 11) is 1.32. The number of rotatable bonds is 5. The Hall–Kier alpha value is -3.55. The number of aliphatic hydroxyl groups is 4. The Kier molecular flexibility index (Phi) is 6.25. The zero-order chi connectivity index (χ0) is 24.7. The van der Waals surface area contributed by atoms with Crippen LogP contribution in [0.2, 0.25) is 0 Å². The van der Waals surface area contributed by atoms with Crippen molar-refractivity contribution in [3.8, 4) is 40.1 Å². The molecule has 1 aliphatic rings. The third kappa shape index (κ3) is 3.97. The van der Waals surface area contributed by atoms with Crippen molar-refractivity contribution < 1.29 is 54.4 Å². The van der Waals surface area contributed by atoms with E-state index in [9.17, 15) is 40.5 Å². The van der Waals surface area contributed by atoms with E-state index < -0.39 is 54.2 Å². The number of benzene rings is 2. The van der Waals surface area contributed by atoms with Crippen LogP contribution in [0.15, 0.2) is 39.5 Å². The molecule has 34 heavy (non-hydrogen) atoms. The molecule has 182 valence electrons. The molecule has 1 aliphatic heterocycles. The number of ether oxygens (including phenoxy) is 3. The van der Waals surface area contributed by atoms with Crippen LogP contribution in [0.5, 0.6) is 28.7 Å². The minimum Gasteiger partial charge on any atom is -0.508 e. The van der Waals surface area contributed by atoms with Gasteiger partial charge in [0.15, 0.2) is 17.3 Å². The van der Waals surface area contributed by atoms with Crippen molar-refractivity contribution in [1.29, 1.82) is 0 Å². The lowest BCUT2D eigenvalue weighted by Gasteiger charge is -2.39. The molecule has 12 heteroatoms. The molecule has 0 aliphatic carbocycles. The third-order valence-electron chi connectivity index (χ3n) is 5.45. The molecule has 4 rings (SSSR count). The van der Waals surface area contributed by atoms with Crippen LogP contribution in [0.1, 0.15) is 0 Å². The Morgan fingerprint density at radius 2 is 1.71 bits per heavy atom. The minimum atomic E-state index is -1.78. The SMILES string of the molecule is COc1cc(-c2oc3cc(O)cc(OC4OC(CO)C(O)C(O)C4O)c3c(=O)c2O)ccc1O. The zero-order valence-electron chi connectivity index (χ0n) is 17.7. The summed E-state index contributed by atoms with van der Waals surface area (Å²) in [5, 5.41) is 69.6. The molecule has 0 bridgehead atoms. The number of fused-ring (bicyclic) bond motifs is 1. The molecular formula is C22H22O12. The number of hydrogen-bond donors (Lipinski definition) is 7. The van der Waals surface area contributed by atoms with E-state index in [2.05, 4.69) is 0 Å². The summed E-state index contributed by atoms with van der Waals surface area (Å²) < 4.78 is 21.5. The van der Waals surface area contributed by atoms with Crippen molar-refractivity contribution in [3.05, 3.63) is 40.6 Å². The molecule has 12 nitrogen and oxygen atoms in total. The molecule has 2 heterocycles. The predicted molar refractivity (Wildman–Crippen MR) is 114 cm³/mol. The largest absolute Gasteiger partial charge is 0.508 e. The molecule has 3 aromatic rings. The smallest absolute Gasteiger partial charge is 0.238 e. The van der Waals surface area contributed by atoms with Gasteiger partial charge in [0.1, 0.15) is 46.9 Å². The van der Waals surface area contributed by atoms with Gasteiger partial charge in [-0.05, 0) is 18.2 Å². The summed E-state index contributed by atoms with van der Waals surface area (Å²) in [6.07, 6.45) is -8.06. The Morgan fingerprint density at radius 3 is 2.38 bits per heavy atom. The van der Waals surface area contributed by atoms with Crippen molar-refractivity contribution in [2.45, 2.75) is 30.7 Å². The Bertz CT molecular complexity index is 1270. The van der Waals surface area contributed by atoms with Crippen LogP contribution < -0.4 is 14.9 Å². The molecule has 7 N–H and O–H groups in total. The average Bonchev–Trinajstić information content (AvgIpc) is 2.81. The number of phenols is 2. The van der Waals surface area contributed by atoms with E-state index in [1.807, 2.05) is 0 Å². The number of methoxy groups -OCH3 is 1. The predicted octanol–water partition coefficient (Wildman–Crippen LogP) is -0.236. The number of phenolic OH excluding ortho intramolecular Hbond substituents is 2. The van der Waals surface area contributed by atoms with Crippen LogP contribution in [0.3, 0.4) is 0 Å². The van der Waals surface area contributed by atoms with E-state index in [-0.39, 0.29) is 39.5 Å². The molecule has 2 aromatic carbocycles. The second-order valence-electron chi connectivity index (χ2n) is 7.63. The first-order chi connectivity index (χ1) is 16.2. The fourth-order valence-corrected chi connectivity index (χ4v) is 3.66. The van der Waals surface area contributed by atoms with E-state index in [1.54, 1.807) is 0 Å². The third-order valence-corrected chi connectivity index (χ3v) is 5.45. The van der Waals surface area contributed by atoms with Crippen molar-refractivity contribution in [3.63, 3.8) is 0 Å². The average molecular weight is 478 g/mol. The van der Waals surface area contributed by atoms with Gasteiger partial charge in [-0.25, -0.2) is 0 Å². The number of hydrogen-bond acceptors (Lipinski definition) is 12. The maximum absolute atomic E-state index is 13.1. The molecule has 1 saturated heterocycles. The molecule has 0 amide bonds. The normalized spacial score (nSPS) is 24.8. The van der Waals surface area contributed by atoms with Gasteiger partial charge in [0.2, 0.25) is 17.5 Å². The quantitative estimate of drug-likeness (QED) is 0.254. The molecule has 1 aromatic heterocycles. The van der Waals surface area contributed by atoms with Gasteiger partial charge in [-0.1, -0.05) is 0 Å². The standard InChI is InChI=1S/C22H22O12/c1-31-11-4-8(2-3-10(11)25)21-19(29)17(27)15-12(32-21)5-9(24)6-13(15)33-22-20(30)18(28)16(26)14(7-23)34-22/h2-6,14,16,18,20,22-26,28-30H,7H2,1H3. The van der Waals surface area contributed by atoms with Crippen LogP contribution in [0.4, 0.5) is 0 Å². The maximum Gasteiger partial charge on any atom is 0.238 e. The van der Waals surface area contributed by atoms with Crippen LogP contribution in [-0.4, -0.2) is 80.2 Å². The molecule has 1 fully saturated rings. The van der Waals surface area contributed by atoms with Gasteiger partial charge in [0.25, 0.3) is 0 Å². The highest BCUT2D eigenvalue weighted by molar-refractivity contribution is 5.88. The van der Waals surface area contributed by atoms with Crippen molar-refractivity contribution in [2.75, 3.05) is 13.7 Å². The molecular weight excluding hydrogens is 456 g/mol. The summed E-state index contributed by atoms with van der Waals surface area (Å²) in [5.41, 5.74) is -0.974.